The zero-order valence-electron chi connectivity index (χ0n) is 21.9. The average molecular weight is 496 g/mol. The molecule has 3 rings (SSSR count). The van der Waals surface area contributed by atoms with Crippen LogP contribution in [0.3, 0.4) is 0 Å². The van der Waals surface area contributed by atoms with Crippen LogP contribution in [0, 0.1) is 11.2 Å². The second kappa shape index (κ2) is 12.7. The first-order valence-corrected chi connectivity index (χ1v) is 12.5. The van der Waals surface area contributed by atoms with Gasteiger partial charge in [-0.05, 0) is 47.6 Å². The molecule has 6 nitrogen and oxygen atoms in total. The number of rotatable bonds is 12. The molecule has 2 amide bonds. The molecule has 0 radical (unpaired) electrons. The van der Waals surface area contributed by atoms with Crippen LogP contribution < -0.4 is 0 Å². The van der Waals surface area contributed by atoms with E-state index in [0.717, 1.165) is 22.0 Å². The Labute approximate surface area is 213 Å². The van der Waals surface area contributed by atoms with Gasteiger partial charge in [0.2, 0.25) is 11.8 Å². The number of aromatic nitrogens is 1. The van der Waals surface area contributed by atoms with Gasteiger partial charge in [-0.2, -0.15) is 0 Å². The Kier molecular flexibility index (Phi) is 9.65. The largest absolute Gasteiger partial charge is 0.385 e. The normalized spacial score (nSPS) is 11.6. The minimum absolute atomic E-state index is 0.00765. The predicted molar refractivity (Wildman–Crippen MR) is 141 cm³/mol. The van der Waals surface area contributed by atoms with Crippen molar-refractivity contribution in [2.24, 2.45) is 5.41 Å². The van der Waals surface area contributed by atoms with Gasteiger partial charge in [-0.15, -0.1) is 0 Å². The molecule has 194 valence electrons. The molecule has 1 N–H and O–H groups in total. The highest BCUT2D eigenvalue weighted by atomic mass is 19.1. The Morgan fingerprint density at radius 3 is 2.39 bits per heavy atom. The zero-order valence-corrected chi connectivity index (χ0v) is 21.9. The highest BCUT2D eigenvalue weighted by molar-refractivity contribution is 5.85. The Balaban J connectivity index is 1.77. The summed E-state index contributed by atoms with van der Waals surface area (Å²) in [5.41, 5.74) is 2.85. The van der Waals surface area contributed by atoms with Crippen LogP contribution in [0.4, 0.5) is 4.39 Å². The number of amides is 2. The minimum atomic E-state index is -0.312. The van der Waals surface area contributed by atoms with E-state index >= 15 is 0 Å². The maximum Gasteiger partial charge on any atom is 0.242 e. The molecule has 0 atom stereocenters. The topological polar surface area (TPSA) is 65.6 Å². The van der Waals surface area contributed by atoms with E-state index < -0.39 is 0 Å². The van der Waals surface area contributed by atoms with Gasteiger partial charge in [-0.1, -0.05) is 51.1 Å². The second-order valence-corrected chi connectivity index (χ2v) is 10.5. The monoisotopic (exact) mass is 495 g/mol. The number of benzene rings is 2. The number of aromatic amines is 1. The summed E-state index contributed by atoms with van der Waals surface area (Å²) in [6, 6.07) is 14.3. The van der Waals surface area contributed by atoms with Crippen molar-refractivity contribution in [1.82, 2.24) is 14.8 Å². The summed E-state index contributed by atoms with van der Waals surface area (Å²) in [6.45, 7) is 7.87. The third-order valence-electron chi connectivity index (χ3n) is 6.10. The van der Waals surface area contributed by atoms with Crippen LogP contribution in [0.2, 0.25) is 0 Å². The van der Waals surface area contributed by atoms with Gasteiger partial charge in [-0.3, -0.25) is 9.59 Å². The molecule has 0 unspecified atom stereocenters. The number of fused-ring (bicyclic) bond motifs is 1. The quantitative estimate of drug-likeness (QED) is 0.352. The van der Waals surface area contributed by atoms with Gasteiger partial charge in [0.25, 0.3) is 0 Å². The molecule has 0 bridgehead atoms. The number of methoxy groups -OCH3 is 1. The third-order valence-corrected chi connectivity index (χ3v) is 6.10. The lowest BCUT2D eigenvalue weighted by molar-refractivity contribution is -0.142. The summed E-state index contributed by atoms with van der Waals surface area (Å²) < 4.78 is 18.6. The van der Waals surface area contributed by atoms with Crippen molar-refractivity contribution in [3.05, 3.63) is 71.7 Å². The molecule has 1 heterocycles. The SMILES string of the molecule is COCCCN(CC(=O)N(CCc1c[nH]c2ccccc12)Cc1ccc(F)cc1)C(=O)CC(C)(C)C. The van der Waals surface area contributed by atoms with Crippen molar-refractivity contribution in [2.45, 2.75) is 46.6 Å². The minimum Gasteiger partial charge on any atom is -0.385 e. The summed E-state index contributed by atoms with van der Waals surface area (Å²) >= 11 is 0. The first-order valence-electron chi connectivity index (χ1n) is 12.5. The van der Waals surface area contributed by atoms with Gasteiger partial charge < -0.3 is 19.5 Å². The van der Waals surface area contributed by atoms with Gasteiger partial charge in [-0.25, -0.2) is 4.39 Å². The van der Waals surface area contributed by atoms with Gasteiger partial charge >= 0.3 is 0 Å². The number of halogens is 1. The summed E-state index contributed by atoms with van der Waals surface area (Å²) in [6.07, 6.45) is 3.67. The molecule has 0 aliphatic rings. The standard InChI is InChI=1S/C29H38FN3O3/c1-29(2,3)18-27(34)32(15-7-17-36-4)21-28(35)33(20-22-10-12-24(30)13-11-22)16-14-23-19-31-26-9-6-5-8-25(23)26/h5-6,8-13,19,31H,7,14-18,20-21H2,1-4H3. The fourth-order valence-electron chi connectivity index (χ4n) is 4.22. The molecule has 0 saturated carbocycles. The molecule has 0 fully saturated rings. The van der Waals surface area contributed by atoms with E-state index in [1.54, 1.807) is 29.0 Å². The van der Waals surface area contributed by atoms with Crippen molar-refractivity contribution in [2.75, 3.05) is 33.4 Å². The van der Waals surface area contributed by atoms with E-state index in [-0.39, 0.29) is 29.6 Å². The van der Waals surface area contributed by atoms with Crippen molar-refractivity contribution >= 4 is 22.7 Å². The first kappa shape index (κ1) is 27.4. The van der Waals surface area contributed by atoms with E-state index in [0.29, 0.717) is 45.5 Å². The molecule has 0 aliphatic heterocycles. The number of hydrogen-bond donors (Lipinski definition) is 1. The molecule has 1 aromatic heterocycles. The highest BCUT2D eigenvalue weighted by Gasteiger charge is 2.25. The number of carbonyl (C=O) groups excluding carboxylic acids is 2. The molecule has 2 aromatic carbocycles. The molecule has 7 heteroatoms. The Bertz CT molecular complexity index is 1130. The number of nitrogens with one attached hydrogen (secondary N) is 1. The van der Waals surface area contributed by atoms with Crippen molar-refractivity contribution in [3.8, 4) is 0 Å². The van der Waals surface area contributed by atoms with Crippen molar-refractivity contribution in [1.29, 1.82) is 0 Å². The van der Waals surface area contributed by atoms with Crippen LogP contribution in [0.1, 0.15) is 44.7 Å². The van der Waals surface area contributed by atoms with Crippen LogP contribution in [0.15, 0.2) is 54.7 Å². The van der Waals surface area contributed by atoms with Gasteiger partial charge in [0.05, 0.1) is 6.54 Å². The van der Waals surface area contributed by atoms with Crippen LogP contribution in [-0.2, 0) is 27.3 Å². The van der Waals surface area contributed by atoms with Crippen LogP contribution in [-0.4, -0.2) is 59.9 Å². The number of ether oxygens (including phenoxy) is 1. The number of para-hydroxylation sites is 1. The van der Waals surface area contributed by atoms with E-state index in [4.69, 9.17) is 4.74 Å². The van der Waals surface area contributed by atoms with E-state index in [9.17, 15) is 14.0 Å². The van der Waals surface area contributed by atoms with Crippen LogP contribution >= 0.6 is 0 Å². The summed E-state index contributed by atoms with van der Waals surface area (Å²) in [4.78, 5) is 33.3. The lowest BCUT2D eigenvalue weighted by atomic mass is 9.91. The molecule has 0 saturated heterocycles. The number of nitrogens with zero attached hydrogens (tertiary/aromatic N) is 2. The third kappa shape index (κ3) is 8.19. The van der Waals surface area contributed by atoms with Crippen LogP contribution in [0.5, 0.6) is 0 Å². The van der Waals surface area contributed by atoms with Crippen LogP contribution in [0.25, 0.3) is 10.9 Å². The Morgan fingerprint density at radius 1 is 0.972 bits per heavy atom. The second-order valence-electron chi connectivity index (χ2n) is 10.5. The Hall–Kier alpha value is -3.19. The molecule has 36 heavy (non-hydrogen) atoms. The van der Waals surface area contributed by atoms with Gasteiger partial charge in [0, 0.05) is 56.9 Å². The van der Waals surface area contributed by atoms with E-state index in [1.165, 1.54) is 12.1 Å². The van der Waals surface area contributed by atoms with Gasteiger partial charge in [0.1, 0.15) is 5.82 Å². The highest BCUT2D eigenvalue weighted by Crippen LogP contribution is 2.21. The molecular weight excluding hydrogens is 457 g/mol. The number of carbonyl (C=O) groups is 2. The maximum atomic E-state index is 13.6. The fraction of sp³-hybridized carbons (Fsp3) is 0.448. The predicted octanol–water partition coefficient (Wildman–Crippen LogP) is 5.18. The summed E-state index contributed by atoms with van der Waals surface area (Å²) in [5, 5.41) is 1.13. The molecule has 0 spiro atoms. The lowest BCUT2D eigenvalue weighted by Gasteiger charge is -2.30. The smallest absolute Gasteiger partial charge is 0.242 e. The number of H-pyrrole nitrogens is 1. The first-order chi connectivity index (χ1) is 17.2. The molecular formula is C29H38FN3O3. The van der Waals surface area contributed by atoms with Crippen molar-refractivity contribution in [3.63, 3.8) is 0 Å². The summed E-state index contributed by atoms with van der Waals surface area (Å²) in [7, 11) is 1.63. The maximum absolute atomic E-state index is 13.6. The number of hydrogen-bond acceptors (Lipinski definition) is 3. The zero-order chi connectivity index (χ0) is 26.1. The fourth-order valence-corrected chi connectivity index (χ4v) is 4.22. The van der Waals surface area contributed by atoms with E-state index in [2.05, 4.69) is 11.1 Å². The summed E-state index contributed by atoms with van der Waals surface area (Å²) in [5.74, 6) is -0.475. The average Bonchev–Trinajstić information content (AvgIpc) is 3.24. The van der Waals surface area contributed by atoms with Gasteiger partial charge in [0.15, 0.2) is 0 Å². The van der Waals surface area contributed by atoms with Crippen molar-refractivity contribution < 1.29 is 18.7 Å². The Morgan fingerprint density at radius 2 is 1.69 bits per heavy atom. The molecule has 0 aliphatic carbocycles. The van der Waals surface area contributed by atoms with E-state index in [1.807, 2.05) is 45.2 Å². The lowest BCUT2D eigenvalue weighted by Crippen LogP contribution is -2.44. The molecule has 3 aromatic rings.